The molecule has 1 N–H and O–H groups in total. The molecule has 10 heteroatoms. The van der Waals surface area contributed by atoms with Crippen molar-refractivity contribution >= 4 is 40.4 Å². The van der Waals surface area contributed by atoms with Crippen LogP contribution in [-0.4, -0.2) is 64.3 Å². The van der Waals surface area contributed by atoms with Gasteiger partial charge < -0.3 is 19.5 Å². The van der Waals surface area contributed by atoms with Gasteiger partial charge in [-0.25, -0.2) is 18.6 Å². The summed E-state index contributed by atoms with van der Waals surface area (Å²) < 4.78 is 35.2. The van der Waals surface area contributed by atoms with Gasteiger partial charge in [0.2, 0.25) is 5.78 Å². The Balaban J connectivity index is 1.57. The molecule has 0 radical (unpaired) electrons. The fourth-order valence-electron chi connectivity index (χ4n) is 4.03. The summed E-state index contributed by atoms with van der Waals surface area (Å²) >= 11 is 1.26. The molecule has 0 saturated carbocycles. The van der Waals surface area contributed by atoms with E-state index in [1.807, 2.05) is 27.7 Å². The molecule has 4 rings (SSSR count). The molecule has 0 bridgehead atoms. The van der Waals surface area contributed by atoms with Gasteiger partial charge in [0.05, 0.1) is 17.4 Å². The number of aromatic amines is 1. The highest BCUT2D eigenvalue weighted by molar-refractivity contribution is 7.99. The van der Waals surface area contributed by atoms with E-state index in [1.165, 1.54) is 24.0 Å². The third-order valence-corrected chi connectivity index (χ3v) is 7.04. The van der Waals surface area contributed by atoms with Gasteiger partial charge in [-0.05, 0) is 51.1 Å². The van der Waals surface area contributed by atoms with Crippen LogP contribution in [0.5, 0.6) is 0 Å². The predicted octanol–water partition coefficient (Wildman–Crippen LogP) is 5.63. The molecule has 1 saturated heterocycles. The molecule has 192 valence electrons. The van der Waals surface area contributed by atoms with Crippen LogP contribution in [-0.2, 0) is 4.74 Å². The maximum Gasteiger partial charge on any atom is 0.410 e. The van der Waals surface area contributed by atoms with E-state index >= 15 is 4.39 Å². The number of rotatable bonds is 6. The summed E-state index contributed by atoms with van der Waals surface area (Å²) in [5, 5.41) is 0.484. The number of aromatic nitrogens is 2. The number of hydrogen-bond acceptors (Lipinski definition) is 6. The minimum Gasteiger partial charge on any atom is -0.444 e. The fourth-order valence-corrected chi connectivity index (χ4v) is 4.84. The second-order valence-corrected chi connectivity index (χ2v) is 10.8. The average Bonchev–Trinajstić information content (AvgIpc) is 3.26. The van der Waals surface area contributed by atoms with E-state index in [1.54, 1.807) is 17.2 Å². The number of amides is 1. The number of nitrogens with zero attached hydrogens (tertiary/aromatic N) is 3. The van der Waals surface area contributed by atoms with Crippen LogP contribution in [0.4, 0.5) is 19.3 Å². The molecule has 3 aromatic rings. The lowest BCUT2D eigenvalue weighted by Crippen LogP contribution is -2.50. The molecule has 1 aliphatic heterocycles. The van der Waals surface area contributed by atoms with E-state index in [-0.39, 0.29) is 16.6 Å². The lowest BCUT2D eigenvalue weighted by molar-refractivity contribution is 0.0240. The first-order valence-electron chi connectivity index (χ1n) is 11.9. The summed E-state index contributed by atoms with van der Waals surface area (Å²) in [5.41, 5.74) is 0.239. The minimum absolute atomic E-state index is 0.155. The zero-order chi connectivity index (χ0) is 26.0. The number of thioether (sulfide) groups is 1. The van der Waals surface area contributed by atoms with Crippen LogP contribution < -0.4 is 4.90 Å². The van der Waals surface area contributed by atoms with Gasteiger partial charge in [0.1, 0.15) is 17.1 Å². The molecule has 7 nitrogen and oxygen atoms in total. The Hall–Kier alpha value is -3.14. The summed E-state index contributed by atoms with van der Waals surface area (Å²) in [6.45, 7) is 9.52. The lowest BCUT2D eigenvalue weighted by Gasteiger charge is -2.36. The first kappa shape index (κ1) is 25.9. The van der Waals surface area contributed by atoms with Gasteiger partial charge in [-0.2, -0.15) is 0 Å². The van der Waals surface area contributed by atoms with Gasteiger partial charge in [-0.15, -0.1) is 11.8 Å². The van der Waals surface area contributed by atoms with Crippen LogP contribution in [0.25, 0.3) is 11.0 Å². The van der Waals surface area contributed by atoms with Crippen molar-refractivity contribution in [1.82, 2.24) is 14.9 Å². The van der Waals surface area contributed by atoms with E-state index < -0.39 is 28.6 Å². The normalized spacial score (nSPS) is 14.4. The molecular formula is C26H30F2N4O3S. The van der Waals surface area contributed by atoms with Crippen LogP contribution in [0, 0.1) is 11.6 Å². The molecule has 36 heavy (non-hydrogen) atoms. The number of anilines is 1. The van der Waals surface area contributed by atoms with Crippen molar-refractivity contribution in [2.45, 2.75) is 44.6 Å². The molecule has 1 fully saturated rings. The molecule has 1 aromatic carbocycles. The topological polar surface area (TPSA) is 78.5 Å². The smallest absolute Gasteiger partial charge is 0.410 e. The number of pyridine rings is 1. The molecule has 1 amide bonds. The van der Waals surface area contributed by atoms with Crippen molar-refractivity contribution in [2.75, 3.05) is 36.8 Å². The van der Waals surface area contributed by atoms with E-state index in [0.717, 1.165) is 18.2 Å². The van der Waals surface area contributed by atoms with Gasteiger partial charge in [0, 0.05) is 48.2 Å². The minimum atomic E-state index is -0.893. The van der Waals surface area contributed by atoms with Crippen molar-refractivity contribution in [3.63, 3.8) is 0 Å². The fraction of sp³-hybridized carbons (Fsp3) is 0.423. The maximum atomic E-state index is 15.1. The summed E-state index contributed by atoms with van der Waals surface area (Å²) in [5.74, 6) is -1.80. The average molecular weight is 517 g/mol. The molecule has 0 aliphatic carbocycles. The Kier molecular flexibility index (Phi) is 7.54. The van der Waals surface area contributed by atoms with Crippen molar-refractivity contribution in [2.24, 2.45) is 0 Å². The number of nitrogens with one attached hydrogen (secondary N) is 1. The maximum absolute atomic E-state index is 15.1. The quantitative estimate of drug-likeness (QED) is 0.338. The Bertz CT molecular complexity index is 1280. The number of carbonyl (C=O) groups is 2. The van der Waals surface area contributed by atoms with Crippen molar-refractivity contribution in [3.05, 3.63) is 53.4 Å². The van der Waals surface area contributed by atoms with Crippen molar-refractivity contribution in [1.29, 1.82) is 0 Å². The summed E-state index contributed by atoms with van der Waals surface area (Å²) in [6, 6.07) is 4.30. The highest BCUT2D eigenvalue weighted by Crippen LogP contribution is 2.31. The largest absolute Gasteiger partial charge is 0.444 e. The monoisotopic (exact) mass is 516 g/mol. The zero-order valence-electron chi connectivity index (χ0n) is 20.9. The van der Waals surface area contributed by atoms with E-state index in [0.29, 0.717) is 43.0 Å². The summed E-state index contributed by atoms with van der Waals surface area (Å²) in [6.07, 6.45) is 3.60. The number of benzene rings is 1. The molecule has 3 heterocycles. The summed E-state index contributed by atoms with van der Waals surface area (Å²) in [4.78, 5) is 37.0. The van der Waals surface area contributed by atoms with Gasteiger partial charge in [-0.3, -0.25) is 4.79 Å². The molecule has 2 aromatic heterocycles. The SMILES string of the molecule is CCCSc1ccc(F)c(C(=O)c2c[nH]c3ncc(N4CCN(C(=O)OC(C)(C)C)CC4)cc23)c1F. The van der Waals surface area contributed by atoms with Crippen LogP contribution in [0.2, 0.25) is 0 Å². The van der Waals surface area contributed by atoms with Crippen LogP contribution >= 0.6 is 11.8 Å². The second-order valence-electron chi connectivity index (χ2n) is 9.66. The van der Waals surface area contributed by atoms with Crippen molar-refractivity contribution < 1.29 is 23.1 Å². The Morgan fingerprint density at radius 3 is 2.56 bits per heavy atom. The third kappa shape index (κ3) is 5.48. The van der Waals surface area contributed by atoms with Gasteiger partial charge >= 0.3 is 6.09 Å². The zero-order valence-corrected chi connectivity index (χ0v) is 21.7. The van der Waals surface area contributed by atoms with Crippen molar-refractivity contribution in [3.8, 4) is 0 Å². The number of ether oxygens (including phenoxy) is 1. The van der Waals surface area contributed by atoms with Crippen LogP contribution in [0.15, 0.2) is 35.5 Å². The standard InChI is InChI=1S/C26H30F2N4O3S/c1-5-12-36-20-7-6-19(27)21(22(20)28)23(33)18-15-30-24-17(18)13-16(14-29-24)31-8-10-32(11-9-31)25(34)35-26(2,3)4/h6-7,13-15H,5,8-12H2,1-4H3,(H,29,30). The highest BCUT2D eigenvalue weighted by atomic mass is 32.2. The first-order valence-corrected chi connectivity index (χ1v) is 12.9. The third-order valence-electron chi connectivity index (χ3n) is 5.80. The Morgan fingerprint density at radius 2 is 1.89 bits per heavy atom. The summed E-state index contributed by atoms with van der Waals surface area (Å²) in [7, 11) is 0. The number of carbonyl (C=O) groups excluding carboxylic acids is 2. The number of ketones is 1. The number of hydrogen-bond donors (Lipinski definition) is 1. The van der Waals surface area contributed by atoms with E-state index in [2.05, 4.69) is 14.9 Å². The number of halogens is 2. The molecule has 1 aliphatic rings. The number of piperazine rings is 1. The van der Waals surface area contributed by atoms with Crippen LogP contribution in [0.3, 0.4) is 0 Å². The number of fused-ring (bicyclic) bond motifs is 1. The second kappa shape index (κ2) is 10.5. The molecular weight excluding hydrogens is 486 g/mol. The van der Waals surface area contributed by atoms with E-state index in [4.69, 9.17) is 4.74 Å². The first-order chi connectivity index (χ1) is 17.1. The van der Waals surface area contributed by atoms with Crippen LogP contribution in [0.1, 0.15) is 50.0 Å². The molecule has 0 atom stereocenters. The Labute approximate surface area is 213 Å². The molecule has 0 spiro atoms. The predicted molar refractivity (Wildman–Crippen MR) is 137 cm³/mol. The lowest BCUT2D eigenvalue weighted by atomic mass is 10.0. The highest BCUT2D eigenvalue weighted by Gasteiger charge is 2.28. The van der Waals surface area contributed by atoms with Gasteiger partial charge in [-0.1, -0.05) is 6.92 Å². The Morgan fingerprint density at radius 1 is 1.17 bits per heavy atom. The molecule has 0 unspecified atom stereocenters. The number of H-pyrrole nitrogens is 1. The van der Waals surface area contributed by atoms with E-state index in [9.17, 15) is 14.0 Å². The van der Waals surface area contributed by atoms with Gasteiger partial charge in [0.25, 0.3) is 0 Å². The van der Waals surface area contributed by atoms with Gasteiger partial charge in [0.15, 0.2) is 5.82 Å².